The molecule has 0 radical (unpaired) electrons. The molecule has 23 heavy (non-hydrogen) atoms. The van der Waals surface area contributed by atoms with Gasteiger partial charge in [-0.05, 0) is 48.6 Å². The van der Waals surface area contributed by atoms with Crippen molar-refractivity contribution >= 4 is 5.71 Å². The third-order valence-corrected chi connectivity index (χ3v) is 4.94. The Morgan fingerprint density at radius 2 is 1.87 bits per heavy atom. The molecular weight excluding hydrogens is 282 g/mol. The van der Waals surface area contributed by atoms with Crippen molar-refractivity contribution in [2.75, 3.05) is 13.1 Å². The number of hydrazone groups is 1. The largest absolute Gasteiger partial charge is 0.370 e. The highest BCUT2D eigenvalue weighted by molar-refractivity contribution is 5.96. The monoisotopic (exact) mass is 313 g/mol. The zero-order chi connectivity index (χ0) is 17.0. The number of piperidine rings is 1. The lowest BCUT2D eigenvalue weighted by molar-refractivity contribution is 0.234. The van der Waals surface area contributed by atoms with Gasteiger partial charge in [0.1, 0.15) is 0 Å². The average Bonchev–Trinajstić information content (AvgIpc) is 2.53. The van der Waals surface area contributed by atoms with Crippen molar-refractivity contribution in [3.05, 3.63) is 47.7 Å². The van der Waals surface area contributed by atoms with Gasteiger partial charge in [0.2, 0.25) is 0 Å². The molecule has 126 valence electrons. The van der Waals surface area contributed by atoms with Crippen LogP contribution in [-0.4, -0.2) is 23.7 Å². The van der Waals surface area contributed by atoms with E-state index < -0.39 is 0 Å². The fourth-order valence-electron chi connectivity index (χ4n) is 3.45. The molecule has 0 unspecified atom stereocenters. The molecule has 1 aromatic rings. The zero-order valence-corrected chi connectivity index (χ0v) is 15.1. The van der Waals surface area contributed by atoms with Crippen LogP contribution in [0.25, 0.3) is 0 Å². The molecule has 0 spiro atoms. The highest BCUT2D eigenvalue weighted by Crippen LogP contribution is 2.30. The van der Waals surface area contributed by atoms with E-state index in [2.05, 4.69) is 61.6 Å². The van der Waals surface area contributed by atoms with Gasteiger partial charge >= 0.3 is 0 Å². The normalized spacial score (nSPS) is 17.4. The first-order chi connectivity index (χ1) is 10.8. The minimum atomic E-state index is 0.209. The SMILES string of the molecule is C=C(/C(C)=N/N)N1CCC(Cc2ccccc2C(C)(C)C)CC1. The van der Waals surface area contributed by atoms with Crippen LogP contribution in [0.3, 0.4) is 0 Å². The molecule has 1 saturated heterocycles. The summed E-state index contributed by atoms with van der Waals surface area (Å²) >= 11 is 0. The maximum absolute atomic E-state index is 5.37. The summed E-state index contributed by atoms with van der Waals surface area (Å²) in [4.78, 5) is 2.32. The average molecular weight is 313 g/mol. The van der Waals surface area contributed by atoms with Crippen LogP contribution in [0.1, 0.15) is 51.7 Å². The van der Waals surface area contributed by atoms with Crippen LogP contribution in [0.5, 0.6) is 0 Å². The molecule has 1 fully saturated rings. The predicted molar refractivity (Wildman–Crippen MR) is 99.6 cm³/mol. The Bertz CT molecular complexity index is 573. The van der Waals surface area contributed by atoms with Crippen molar-refractivity contribution in [1.29, 1.82) is 0 Å². The van der Waals surface area contributed by atoms with Gasteiger partial charge in [0, 0.05) is 13.1 Å². The number of nitrogens with zero attached hydrogens (tertiary/aromatic N) is 2. The van der Waals surface area contributed by atoms with E-state index in [0.717, 1.165) is 30.4 Å². The topological polar surface area (TPSA) is 41.6 Å². The van der Waals surface area contributed by atoms with E-state index >= 15 is 0 Å². The standard InChI is InChI=1S/C20H31N3/c1-15(22-21)16(2)23-12-10-17(11-13-23)14-18-8-6-7-9-19(18)20(3,4)5/h6-9,17H,2,10-14,21H2,1,3-5H3/b22-15+. The molecule has 2 rings (SSSR count). The first kappa shape index (κ1) is 17.6. The van der Waals surface area contributed by atoms with Gasteiger partial charge in [-0.1, -0.05) is 51.6 Å². The maximum Gasteiger partial charge on any atom is 0.0796 e. The number of benzene rings is 1. The van der Waals surface area contributed by atoms with E-state index in [1.807, 2.05) is 6.92 Å². The third kappa shape index (κ3) is 4.37. The summed E-state index contributed by atoms with van der Waals surface area (Å²) < 4.78 is 0. The number of hydrogen-bond donors (Lipinski definition) is 1. The van der Waals surface area contributed by atoms with E-state index in [4.69, 9.17) is 5.84 Å². The van der Waals surface area contributed by atoms with Gasteiger partial charge in [0.15, 0.2) is 0 Å². The van der Waals surface area contributed by atoms with Crippen molar-refractivity contribution in [3.63, 3.8) is 0 Å². The lowest BCUT2D eigenvalue weighted by Gasteiger charge is -2.35. The molecule has 1 aliphatic rings. The Balaban J connectivity index is 1.99. The van der Waals surface area contributed by atoms with Crippen LogP contribution < -0.4 is 5.84 Å². The highest BCUT2D eigenvalue weighted by Gasteiger charge is 2.24. The summed E-state index contributed by atoms with van der Waals surface area (Å²) in [6.07, 6.45) is 3.59. The molecule has 0 saturated carbocycles. The van der Waals surface area contributed by atoms with Crippen LogP contribution in [0, 0.1) is 5.92 Å². The van der Waals surface area contributed by atoms with Crippen LogP contribution in [0.2, 0.25) is 0 Å². The van der Waals surface area contributed by atoms with E-state index in [0.29, 0.717) is 0 Å². The van der Waals surface area contributed by atoms with Crippen molar-refractivity contribution in [3.8, 4) is 0 Å². The lowest BCUT2D eigenvalue weighted by Crippen LogP contribution is -2.35. The molecule has 0 bridgehead atoms. The zero-order valence-electron chi connectivity index (χ0n) is 15.1. The number of rotatable bonds is 4. The van der Waals surface area contributed by atoms with Gasteiger partial charge in [0.25, 0.3) is 0 Å². The Morgan fingerprint density at radius 3 is 2.43 bits per heavy atom. The number of hydrogen-bond acceptors (Lipinski definition) is 3. The molecule has 2 N–H and O–H groups in total. The summed E-state index contributed by atoms with van der Waals surface area (Å²) in [7, 11) is 0. The molecule has 0 amide bonds. The van der Waals surface area contributed by atoms with E-state index in [9.17, 15) is 0 Å². The molecular formula is C20H31N3. The summed E-state index contributed by atoms with van der Waals surface area (Å²) in [5.74, 6) is 6.11. The smallest absolute Gasteiger partial charge is 0.0796 e. The highest BCUT2D eigenvalue weighted by atomic mass is 15.2. The summed E-state index contributed by atoms with van der Waals surface area (Å²) in [6, 6.07) is 8.92. The fourth-order valence-corrected chi connectivity index (χ4v) is 3.45. The van der Waals surface area contributed by atoms with E-state index in [-0.39, 0.29) is 5.41 Å². The Labute approximate surface area is 141 Å². The van der Waals surface area contributed by atoms with Gasteiger partial charge in [-0.25, -0.2) is 0 Å². The van der Waals surface area contributed by atoms with Crippen molar-refractivity contribution in [1.82, 2.24) is 4.90 Å². The molecule has 0 aromatic heterocycles. The summed E-state index contributed by atoms with van der Waals surface area (Å²) in [6.45, 7) is 15.0. The first-order valence-electron chi connectivity index (χ1n) is 8.60. The lowest BCUT2D eigenvalue weighted by atomic mass is 9.80. The van der Waals surface area contributed by atoms with Gasteiger partial charge in [-0.3, -0.25) is 0 Å². The van der Waals surface area contributed by atoms with Crippen LogP contribution in [-0.2, 0) is 11.8 Å². The molecule has 1 aromatic carbocycles. The molecule has 3 heteroatoms. The number of likely N-dealkylation sites (tertiary alicyclic amines) is 1. The van der Waals surface area contributed by atoms with Crippen molar-refractivity contribution < 1.29 is 0 Å². The van der Waals surface area contributed by atoms with Gasteiger partial charge in [-0.15, -0.1) is 0 Å². The van der Waals surface area contributed by atoms with Crippen LogP contribution >= 0.6 is 0 Å². The summed E-state index contributed by atoms with van der Waals surface area (Å²) in [5, 5.41) is 3.76. The van der Waals surface area contributed by atoms with Crippen LogP contribution in [0.4, 0.5) is 0 Å². The minimum absolute atomic E-state index is 0.209. The fraction of sp³-hybridized carbons (Fsp3) is 0.550. The van der Waals surface area contributed by atoms with Gasteiger partial charge in [0.05, 0.1) is 11.4 Å². The van der Waals surface area contributed by atoms with Gasteiger partial charge in [-0.2, -0.15) is 5.10 Å². The molecule has 1 aliphatic heterocycles. The second-order valence-corrected chi connectivity index (χ2v) is 7.70. The maximum atomic E-state index is 5.37. The molecule has 1 heterocycles. The summed E-state index contributed by atoms with van der Waals surface area (Å²) in [5.41, 5.74) is 5.01. The first-order valence-corrected chi connectivity index (χ1v) is 8.60. The number of allylic oxidation sites excluding steroid dienone is 1. The quantitative estimate of drug-likeness (QED) is 0.517. The molecule has 0 aliphatic carbocycles. The predicted octanol–water partition coefficient (Wildman–Crippen LogP) is 4.09. The van der Waals surface area contributed by atoms with Crippen molar-refractivity contribution in [2.45, 2.75) is 52.4 Å². The number of nitrogens with two attached hydrogens (primary N) is 1. The second kappa shape index (κ2) is 7.20. The Kier molecular flexibility index (Phi) is 5.51. The van der Waals surface area contributed by atoms with E-state index in [1.54, 1.807) is 0 Å². The van der Waals surface area contributed by atoms with Crippen LogP contribution in [0.15, 0.2) is 41.6 Å². The molecule has 0 atom stereocenters. The van der Waals surface area contributed by atoms with Crippen molar-refractivity contribution in [2.24, 2.45) is 16.9 Å². The minimum Gasteiger partial charge on any atom is -0.370 e. The van der Waals surface area contributed by atoms with E-state index in [1.165, 1.54) is 30.4 Å². The molecule has 3 nitrogen and oxygen atoms in total. The van der Waals surface area contributed by atoms with Gasteiger partial charge < -0.3 is 10.7 Å². The Morgan fingerprint density at radius 1 is 1.26 bits per heavy atom. The second-order valence-electron chi connectivity index (χ2n) is 7.70. The Hall–Kier alpha value is -1.77. The third-order valence-electron chi connectivity index (χ3n) is 4.94.